The molecule has 0 aliphatic rings. The summed E-state index contributed by atoms with van der Waals surface area (Å²) in [5.41, 5.74) is 1.01. The zero-order valence-electron chi connectivity index (χ0n) is 10.2. The number of nitrogens with one attached hydrogen (secondary N) is 2. The third kappa shape index (κ3) is 3.46. The van der Waals surface area contributed by atoms with E-state index in [0.717, 1.165) is 5.56 Å². The third-order valence-electron chi connectivity index (χ3n) is 2.49. The number of aromatic nitrogens is 4. The third-order valence-corrected chi connectivity index (χ3v) is 4.27. The molecule has 0 unspecified atom stereocenters. The van der Waals surface area contributed by atoms with E-state index >= 15 is 0 Å². The first-order valence-corrected chi connectivity index (χ1v) is 7.42. The van der Waals surface area contributed by atoms with Crippen molar-refractivity contribution in [1.29, 1.82) is 0 Å². The number of hydrogen-bond donors (Lipinski definition) is 2. The zero-order valence-corrected chi connectivity index (χ0v) is 11.8. The number of aryl methyl sites for hydroxylation is 1. The van der Waals surface area contributed by atoms with E-state index in [4.69, 9.17) is 12.2 Å². The molecule has 0 fully saturated rings. The molecular weight excluding hydrogens is 286 g/mol. The molecule has 2 rings (SSSR count). The summed E-state index contributed by atoms with van der Waals surface area (Å²) in [5.74, 6) is 0. The summed E-state index contributed by atoms with van der Waals surface area (Å²) in [7, 11) is -3.50. The Bertz CT molecular complexity index is 702. The van der Waals surface area contributed by atoms with Gasteiger partial charge in [-0.05, 0) is 31.3 Å². The van der Waals surface area contributed by atoms with Crippen LogP contribution in [-0.2, 0) is 16.6 Å². The van der Waals surface area contributed by atoms with Crippen molar-refractivity contribution < 1.29 is 8.42 Å². The van der Waals surface area contributed by atoms with Crippen LogP contribution in [0.4, 0.5) is 0 Å². The molecule has 0 spiro atoms. The van der Waals surface area contributed by atoms with Crippen LogP contribution in [0.15, 0.2) is 29.2 Å². The standard InChI is InChI=1S/C10H13N5O2S2/c1-8-2-4-9(5-3-8)19(16,17)11-6-7-15-10(18)12-13-14-15/h2-5,11H,6-7H2,1H3,(H,12,14,18). The minimum Gasteiger partial charge on any atom is -0.241 e. The van der Waals surface area contributed by atoms with Gasteiger partial charge in [0.2, 0.25) is 14.8 Å². The van der Waals surface area contributed by atoms with Crippen molar-refractivity contribution in [2.45, 2.75) is 18.4 Å². The molecule has 1 heterocycles. The quantitative estimate of drug-likeness (QED) is 0.790. The molecule has 7 nitrogen and oxygen atoms in total. The number of H-pyrrole nitrogens is 1. The second-order valence-electron chi connectivity index (χ2n) is 3.95. The summed E-state index contributed by atoms with van der Waals surface area (Å²) >= 11 is 4.88. The predicted molar refractivity (Wildman–Crippen MR) is 71.6 cm³/mol. The fraction of sp³-hybridized carbons (Fsp3) is 0.300. The largest absolute Gasteiger partial charge is 0.241 e. The Morgan fingerprint density at radius 1 is 1.37 bits per heavy atom. The maximum Gasteiger partial charge on any atom is 0.240 e. The van der Waals surface area contributed by atoms with Crippen molar-refractivity contribution in [1.82, 2.24) is 24.9 Å². The van der Waals surface area contributed by atoms with Crippen molar-refractivity contribution in [3.8, 4) is 0 Å². The molecule has 0 saturated heterocycles. The van der Waals surface area contributed by atoms with E-state index < -0.39 is 10.0 Å². The van der Waals surface area contributed by atoms with Crippen molar-refractivity contribution >= 4 is 22.2 Å². The summed E-state index contributed by atoms with van der Waals surface area (Å²) < 4.78 is 28.2. The molecule has 9 heteroatoms. The molecule has 1 aromatic carbocycles. The first-order chi connectivity index (χ1) is 8.99. The minimum absolute atomic E-state index is 0.203. The predicted octanol–water partition coefficient (Wildman–Crippen LogP) is 0.623. The fourth-order valence-corrected chi connectivity index (χ4v) is 2.65. The van der Waals surface area contributed by atoms with Gasteiger partial charge in [0.1, 0.15) is 0 Å². The zero-order chi connectivity index (χ0) is 13.9. The van der Waals surface area contributed by atoms with E-state index in [1.54, 1.807) is 24.3 Å². The van der Waals surface area contributed by atoms with E-state index in [1.807, 2.05) is 6.92 Å². The molecule has 0 saturated carbocycles. The molecular formula is C10H13N5O2S2. The normalized spacial score (nSPS) is 11.6. The smallest absolute Gasteiger partial charge is 0.240 e. The summed E-state index contributed by atoms with van der Waals surface area (Å²) in [6, 6.07) is 6.65. The molecule has 0 bridgehead atoms. The van der Waals surface area contributed by atoms with Gasteiger partial charge in [-0.25, -0.2) is 17.8 Å². The number of aromatic amines is 1. The van der Waals surface area contributed by atoms with Crippen molar-refractivity contribution in [3.05, 3.63) is 34.6 Å². The van der Waals surface area contributed by atoms with Crippen LogP contribution in [0.1, 0.15) is 5.56 Å². The van der Waals surface area contributed by atoms with Gasteiger partial charge < -0.3 is 0 Å². The van der Waals surface area contributed by atoms with Crippen molar-refractivity contribution in [3.63, 3.8) is 0 Å². The molecule has 0 aliphatic carbocycles. The Hall–Kier alpha value is -1.58. The lowest BCUT2D eigenvalue weighted by Gasteiger charge is -2.07. The average Bonchev–Trinajstić information content (AvgIpc) is 2.75. The number of tetrazole rings is 1. The van der Waals surface area contributed by atoms with Crippen molar-refractivity contribution in [2.24, 2.45) is 0 Å². The summed E-state index contributed by atoms with van der Waals surface area (Å²) in [6.45, 7) is 2.45. The Kier molecular flexibility index (Phi) is 4.08. The Balaban J connectivity index is 2.00. The molecule has 2 aromatic rings. The number of nitrogens with zero attached hydrogens (tertiary/aromatic N) is 3. The minimum atomic E-state index is -3.50. The Morgan fingerprint density at radius 2 is 2.05 bits per heavy atom. The lowest BCUT2D eigenvalue weighted by Crippen LogP contribution is -2.27. The first-order valence-electron chi connectivity index (χ1n) is 5.53. The van der Waals surface area contributed by atoms with Gasteiger partial charge in [0.05, 0.1) is 11.4 Å². The van der Waals surface area contributed by atoms with E-state index in [-0.39, 0.29) is 16.2 Å². The summed E-state index contributed by atoms with van der Waals surface area (Å²) in [6.07, 6.45) is 0. The van der Waals surface area contributed by atoms with Gasteiger partial charge in [0.25, 0.3) is 0 Å². The molecule has 102 valence electrons. The highest BCUT2D eigenvalue weighted by Gasteiger charge is 2.12. The van der Waals surface area contributed by atoms with Gasteiger partial charge in [-0.15, -0.1) is 0 Å². The van der Waals surface area contributed by atoms with E-state index in [0.29, 0.717) is 6.54 Å². The average molecular weight is 299 g/mol. The second kappa shape index (κ2) is 5.59. The number of rotatable bonds is 5. The highest BCUT2D eigenvalue weighted by Crippen LogP contribution is 2.09. The van der Waals surface area contributed by atoms with Crippen LogP contribution in [0, 0.1) is 11.7 Å². The van der Waals surface area contributed by atoms with Gasteiger partial charge >= 0.3 is 0 Å². The van der Waals surface area contributed by atoms with Gasteiger partial charge in [-0.2, -0.15) is 5.21 Å². The van der Waals surface area contributed by atoms with E-state index in [9.17, 15) is 8.42 Å². The van der Waals surface area contributed by atoms with Gasteiger partial charge in [-0.1, -0.05) is 28.0 Å². The molecule has 1 aromatic heterocycles. The number of sulfonamides is 1. The highest BCUT2D eigenvalue weighted by atomic mass is 32.2. The number of benzene rings is 1. The Morgan fingerprint density at radius 3 is 2.63 bits per heavy atom. The number of hydrogen-bond acceptors (Lipinski definition) is 5. The van der Waals surface area contributed by atoms with Crippen LogP contribution in [0.2, 0.25) is 0 Å². The second-order valence-corrected chi connectivity index (χ2v) is 6.08. The maximum atomic E-state index is 12.0. The monoisotopic (exact) mass is 299 g/mol. The molecule has 19 heavy (non-hydrogen) atoms. The highest BCUT2D eigenvalue weighted by molar-refractivity contribution is 7.89. The van der Waals surface area contributed by atoms with Gasteiger partial charge in [-0.3, -0.25) is 0 Å². The summed E-state index contributed by atoms with van der Waals surface area (Å²) in [5, 5.41) is 9.66. The lowest BCUT2D eigenvalue weighted by molar-refractivity contribution is 0.550. The van der Waals surface area contributed by atoms with Crippen LogP contribution in [0.5, 0.6) is 0 Å². The first kappa shape index (κ1) is 13.8. The van der Waals surface area contributed by atoms with Crippen LogP contribution >= 0.6 is 12.2 Å². The van der Waals surface area contributed by atoms with Crippen molar-refractivity contribution in [2.75, 3.05) is 6.54 Å². The van der Waals surface area contributed by atoms with Gasteiger partial charge in [0, 0.05) is 6.54 Å². The molecule has 0 amide bonds. The lowest BCUT2D eigenvalue weighted by atomic mass is 10.2. The van der Waals surface area contributed by atoms with Crippen LogP contribution < -0.4 is 4.72 Å². The SMILES string of the molecule is Cc1ccc(S(=O)(=O)NCCn2[nH]nnc2=S)cc1. The molecule has 0 aliphatic heterocycles. The van der Waals surface area contributed by atoms with E-state index in [2.05, 4.69) is 20.2 Å². The molecule has 0 atom stereocenters. The van der Waals surface area contributed by atoms with Crippen LogP contribution in [-0.4, -0.2) is 35.2 Å². The fourth-order valence-electron chi connectivity index (χ4n) is 1.45. The van der Waals surface area contributed by atoms with Gasteiger partial charge in [0.15, 0.2) is 0 Å². The molecule has 2 N–H and O–H groups in total. The van der Waals surface area contributed by atoms with E-state index in [1.165, 1.54) is 4.68 Å². The Labute approximate surface area is 115 Å². The summed E-state index contributed by atoms with van der Waals surface area (Å²) in [4.78, 5) is 0.240. The van der Waals surface area contributed by atoms with Crippen LogP contribution in [0.25, 0.3) is 0 Å². The topological polar surface area (TPSA) is 92.7 Å². The molecule has 0 radical (unpaired) electrons. The maximum absolute atomic E-state index is 12.0. The van der Waals surface area contributed by atoms with Crippen LogP contribution in [0.3, 0.4) is 0 Å².